The summed E-state index contributed by atoms with van der Waals surface area (Å²) in [6, 6.07) is 5.36. The van der Waals surface area contributed by atoms with Gasteiger partial charge in [-0.15, -0.1) is 0 Å². The van der Waals surface area contributed by atoms with E-state index < -0.39 is 12.4 Å². The van der Waals surface area contributed by atoms with Gasteiger partial charge in [-0.3, -0.25) is 0 Å². The average Bonchev–Trinajstić information content (AvgIpc) is 2.34. The molecule has 0 N–H and O–H groups in total. The van der Waals surface area contributed by atoms with Crippen LogP contribution >= 0.6 is 0 Å². The predicted octanol–water partition coefficient (Wildman–Crippen LogP) is -0.534. The molecule has 0 aromatic heterocycles. The third-order valence-corrected chi connectivity index (χ3v) is 2.83. The second kappa shape index (κ2) is 9.42. The molecule has 102 valence electrons. The molecule has 0 radical (unpaired) electrons. The molecule has 0 saturated carbocycles. The van der Waals surface area contributed by atoms with E-state index in [9.17, 15) is 12.9 Å². The number of hydrogen-bond acceptors (Lipinski definition) is 2. The van der Waals surface area contributed by atoms with Gasteiger partial charge in [0.2, 0.25) is 0 Å². The summed E-state index contributed by atoms with van der Waals surface area (Å²) >= 11 is 0. The summed E-state index contributed by atoms with van der Waals surface area (Å²) < 4.78 is 43.5. The fraction of sp³-hybridized carbons (Fsp3) is 0.500. The molecule has 0 unspecified atom stereocenters. The van der Waals surface area contributed by atoms with Crippen LogP contribution in [0, 0.1) is 0 Å². The molecule has 0 spiro atoms. The average molecular weight is 299 g/mol. The van der Waals surface area contributed by atoms with E-state index in [1.807, 2.05) is 13.8 Å². The summed E-state index contributed by atoms with van der Waals surface area (Å²) in [4.78, 5) is 2.10. The van der Waals surface area contributed by atoms with Crippen LogP contribution in [0.2, 0.25) is 0 Å². The Bertz CT molecular complexity index is 372. The minimum Gasteiger partial charge on any atom is -0.495 e. The van der Waals surface area contributed by atoms with Crippen molar-refractivity contribution in [2.24, 2.45) is 0 Å². The van der Waals surface area contributed by atoms with Gasteiger partial charge in [-0.2, -0.15) is 0 Å². The zero-order chi connectivity index (χ0) is 13.6. The fourth-order valence-electron chi connectivity index (χ4n) is 1.71. The van der Waals surface area contributed by atoms with Crippen molar-refractivity contribution < 1.29 is 69.1 Å². The molecule has 0 amide bonds. The fourth-order valence-corrected chi connectivity index (χ4v) is 1.71. The number of benzene rings is 1. The van der Waals surface area contributed by atoms with Gasteiger partial charge in [0.15, 0.2) is 0 Å². The maximum atomic E-state index is 12.7. The normalized spacial score (nSPS) is 11.3. The maximum absolute atomic E-state index is 12.7. The van der Waals surface area contributed by atoms with Gasteiger partial charge in [-0.1, -0.05) is 37.5 Å². The Labute approximate surface area is 155 Å². The first-order chi connectivity index (χ1) is 8.49. The molecule has 0 fully saturated rings. The van der Waals surface area contributed by atoms with Gasteiger partial charge in [-0.05, 0) is 19.2 Å². The molecular weight excluding hydrogens is 281 g/mol. The van der Waals surface area contributed by atoms with Crippen LogP contribution in [0.15, 0.2) is 24.3 Å². The maximum Gasteiger partial charge on any atom is 1.00 e. The van der Waals surface area contributed by atoms with Gasteiger partial charge >= 0.3 is 58.4 Å². The van der Waals surface area contributed by atoms with Crippen molar-refractivity contribution in [3.8, 4) is 5.75 Å². The quantitative estimate of drug-likeness (QED) is 0.628. The molecule has 2 nitrogen and oxygen atoms in total. The second-order valence-corrected chi connectivity index (χ2v) is 3.99. The zero-order valence-electron chi connectivity index (χ0n) is 11.7. The summed E-state index contributed by atoms with van der Waals surface area (Å²) in [5.41, 5.74) is -0.656. The van der Waals surface area contributed by atoms with E-state index in [1.54, 1.807) is 6.07 Å². The number of likely N-dealkylation sites (N-methyl/N-ethyl adjacent to an activating group) is 1. The number of nitrogens with zero attached hydrogens (tertiary/aromatic N) is 1. The first-order valence-electron chi connectivity index (χ1n) is 6.13. The van der Waals surface area contributed by atoms with Crippen molar-refractivity contribution in [1.82, 2.24) is 4.90 Å². The molecule has 0 atom stereocenters. The molecule has 0 aliphatic rings. The van der Waals surface area contributed by atoms with Crippen molar-refractivity contribution in [3.63, 3.8) is 0 Å². The number of rotatable bonds is 7. The zero-order valence-corrected chi connectivity index (χ0v) is 14.8. The van der Waals surface area contributed by atoms with Crippen LogP contribution in [-0.4, -0.2) is 38.1 Å². The van der Waals surface area contributed by atoms with Crippen molar-refractivity contribution in [1.29, 1.82) is 0 Å². The summed E-state index contributed by atoms with van der Waals surface area (Å²) in [6.07, 6.45) is 0. The standard InChI is InChI=1S/C12H18BF3NO.K/c1-3-17(4-2)9-10-18-12-8-6-5-7-11(12)13(14,15)16;/h5-8H,3-4,9-10H2,1-2H3;/q-1;+1. The van der Waals surface area contributed by atoms with Crippen molar-refractivity contribution in [2.45, 2.75) is 13.8 Å². The first-order valence-corrected chi connectivity index (χ1v) is 6.13. The molecule has 1 aromatic carbocycles. The number of ether oxygens (including phenoxy) is 1. The minimum absolute atomic E-state index is 0. The van der Waals surface area contributed by atoms with Crippen LogP contribution in [0.4, 0.5) is 12.9 Å². The summed E-state index contributed by atoms with van der Waals surface area (Å²) in [6.45, 7) is 1.63. The summed E-state index contributed by atoms with van der Waals surface area (Å²) in [5, 5.41) is 0. The predicted molar refractivity (Wildman–Crippen MR) is 68.4 cm³/mol. The van der Waals surface area contributed by atoms with E-state index in [4.69, 9.17) is 4.74 Å². The second-order valence-electron chi connectivity index (χ2n) is 3.99. The SMILES string of the molecule is CCN(CC)CCOc1ccccc1[B-](F)(F)F.[K+]. The monoisotopic (exact) mass is 299 g/mol. The van der Waals surface area contributed by atoms with Gasteiger partial charge in [0.05, 0.1) is 5.75 Å². The van der Waals surface area contributed by atoms with Gasteiger partial charge in [0.25, 0.3) is 0 Å². The van der Waals surface area contributed by atoms with Gasteiger partial charge < -0.3 is 22.6 Å². The van der Waals surface area contributed by atoms with Crippen molar-refractivity contribution >= 4 is 12.4 Å². The van der Waals surface area contributed by atoms with Gasteiger partial charge in [0.1, 0.15) is 6.61 Å². The third-order valence-electron chi connectivity index (χ3n) is 2.83. The van der Waals surface area contributed by atoms with Gasteiger partial charge in [0, 0.05) is 6.54 Å². The Kier molecular flexibility index (Phi) is 9.65. The van der Waals surface area contributed by atoms with Crippen LogP contribution in [0.3, 0.4) is 0 Å². The number of para-hydroxylation sites is 1. The minimum atomic E-state index is -5.02. The van der Waals surface area contributed by atoms with Gasteiger partial charge in [-0.25, -0.2) is 0 Å². The topological polar surface area (TPSA) is 12.5 Å². The van der Waals surface area contributed by atoms with Crippen LogP contribution in [0.1, 0.15) is 13.8 Å². The Hall–Kier alpha value is 0.471. The van der Waals surface area contributed by atoms with Crippen molar-refractivity contribution in [3.05, 3.63) is 24.3 Å². The Morgan fingerprint density at radius 3 is 2.21 bits per heavy atom. The molecular formula is C12H18BF3KNO. The summed E-state index contributed by atoms with van der Waals surface area (Å²) in [5.74, 6) is -0.0721. The molecule has 0 bridgehead atoms. The molecule has 7 heteroatoms. The van der Waals surface area contributed by atoms with E-state index in [-0.39, 0.29) is 63.7 Å². The molecule has 0 aliphatic carbocycles. The third kappa shape index (κ3) is 6.64. The van der Waals surface area contributed by atoms with Crippen LogP contribution < -0.4 is 61.6 Å². The largest absolute Gasteiger partial charge is 1.00 e. The molecule has 19 heavy (non-hydrogen) atoms. The Morgan fingerprint density at radius 2 is 1.68 bits per heavy atom. The van der Waals surface area contributed by atoms with E-state index >= 15 is 0 Å². The molecule has 0 aliphatic heterocycles. The van der Waals surface area contributed by atoms with Crippen LogP contribution in [0.5, 0.6) is 5.75 Å². The number of halogens is 3. The Balaban J connectivity index is 0.00000324. The van der Waals surface area contributed by atoms with E-state index in [2.05, 4.69) is 4.90 Å². The van der Waals surface area contributed by atoms with E-state index in [0.29, 0.717) is 6.54 Å². The van der Waals surface area contributed by atoms with Crippen LogP contribution in [0.25, 0.3) is 0 Å². The Morgan fingerprint density at radius 1 is 1.11 bits per heavy atom. The first kappa shape index (κ1) is 19.5. The molecule has 1 rings (SSSR count). The van der Waals surface area contributed by atoms with E-state index in [1.165, 1.54) is 12.1 Å². The molecule has 1 aromatic rings. The van der Waals surface area contributed by atoms with E-state index in [0.717, 1.165) is 19.2 Å². The molecule has 0 saturated heterocycles. The van der Waals surface area contributed by atoms with Crippen molar-refractivity contribution in [2.75, 3.05) is 26.2 Å². The van der Waals surface area contributed by atoms with Crippen LogP contribution in [-0.2, 0) is 0 Å². The summed E-state index contributed by atoms with van der Waals surface area (Å²) in [7, 11) is 0. The molecule has 0 heterocycles. The smallest absolute Gasteiger partial charge is 0.495 e. The number of hydrogen-bond donors (Lipinski definition) is 0.